The van der Waals surface area contributed by atoms with Crippen molar-refractivity contribution in [1.82, 2.24) is 5.32 Å². The average molecular weight is 328 g/mol. The second kappa shape index (κ2) is 7.70. The van der Waals surface area contributed by atoms with E-state index < -0.39 is 0 Å². The Bertz CT molecular complexity index is 529. The number of hydrogen-bond donors (Lipinski definition) is 1. The second-order valence-electron chi connectivity index (χ2n) is 5.24. The maximum atomic E-state index is 12.4. The van der Waals surface area contributed by atoms with Crippen LogP contribution in [0.1, 0.15) is 37.0 Å². The Labute approximate surface area is 135 Å². The molecule has 2 unspecified atom stereocenters. The molecule has 6 heteroatoms. The van der Waals surface area contributed by atoms with Gasteiger partial charge < -0.3 is 19.5 Å². The molecule has 22 heavy (non-hydrogen) atoms. The molecule has 1 saturated heterocycles. The maximum absolute atomic E-state index is 12.4. The van der Waals surface area contributed by atoms with E-state index >= 15 is 0 Å². The highest BCUT2D eigenvalue weighted by Crippen LogP contribution is 2.36. The summed E-state index contributed by atoms with van der Waals surface area (Å²) in [6.07, 6.45) is 2.08. The highest BCUT2D eigenvalue weighted by Gasteiger charge is 2.24. The molecular weight excluding hydrogens is 306 g/mol. The lowest BCUT2D eigenvalue weighted by Gasteiger charge is -2.20. The van der Waals surface area contributed by atoms with E-state index in [9.17, 15) is 4.79 Å². The molecule has 0 saturated carbocycles. The summed E-state index contributed by atoms with van der Waals surface area (Å²) in [5.74, 6) is 0.700. The van der Waals surface area contributed by atoms with Gasteiger partial charge in [-0.25, -0.2) is 0 Å². The van der Waals surface area contributed by atoms with Gasteiger partial charge in [0.25, 0.3) is 5.91 Å². The lowest BCUT2D eigenvalue weighted by molar-refractivity contribution is 0.0712. The zero-order chi connectivity index (χ0) is 16.1. The standard InChI is InChI=1S/C16H22ClNO4/c1-4-21-15-12(17)8-11(9-14(15)20-3)16(19)18-10(2)13-6-5-7-22-13/h8-10,13H,4-7H2,1-3H3,(H,18,19). The van der Waals surface area contributed by atoms with E-state index in [1.165, 1.54) is 7.11 Å². The van der Waals surface area contributed by atoms with Gasteiger partial charge in [0.1, 0.15) is 0 Å². The van der Waals surface area contributed by atoms with Crippen molar-refractivity contribution >= 4 is 17.5 Å². The molecule has 1 aromatic carbocycles. The van der Waals surface area contributed by atoms with Crippen LogP contribution in [0.4, 0.5) is 0 Å². The number of amides is 1. The van der Waals surface area contributed by atoms with Crippen molar-refractivity contribution in [2.24, 2.45) is 0 Å². The summed E-state index contributed by atoms with van der Waals surface area (Å²) in [7, 11) is 1.52. The van der Waals surface area contributed by atoms with Crippen LogP contribution in [-0.2, 0) is 4.74 Å². The Hall–Kier alpha value is -1.46. The average Bonchev–Trinajstić information content (AvgIpc) is 3.03. The first-order valence-electron chi connectivity index (χ1n) is 7.49. The molecule has 0 aliphatic carbocycles. The number of halogens is 1. The smallest absolute Gasteiger partial charge is 0.251 e. The summed E-state index contributed by atoms with van der Waals surface area (Å²) in [4.78, 5) is 12.4. The molecule has 2 atom stereocenters. The molecule has 122 valence electrons. The SMILES string of the molecule is CCOc1c(Cl)cc(C(=O)NC(C)C2CCCO2)cc1OC. The van der Waals surface area contributed by atoms with E-state index in [2.05, 4.69) is 5.32 Å². The van der Waals surface area contributed by atoms with Crippen LogP contribution in [0.3, 0.4) is 0 Å². The fourth-order valence-corrected chi connectivity index (χ4v) is 2.78. The zero-order valence-corrected chi connectivity index (χ0v) is 13.9. The van der Waals surface area contributed by atoms with Gasteiger partial charge in [0, 0.05) is 12.2 Å². The number of methoxy groups -OCH3 is 1. The normalized spacial score (nSPS) is 18.8. The van der Waals surface area contributed by atoms with Gasteiger partial charge >= 0.3 is 0 Å². The van der Waals surface area contributed by atoms with Crippen molar-refractivity contribution in [3.8, 4) is 11.5 Å². The highest BCUT2D eigenvalue weighted by atomic mass is 35.5. The summed E-state index contributed by atoms with van der Waals surface area (Å²) in [5, 5.41) is 3.31. The molecule has 0 radical (unpaired) electrons. The highest BCUT2D eigenvalue weighted by molar-refractivity contribution is 6.32. The van der Waals surface area contributed by atoms with Crippen molar-refractivity contribution in [1.29, 1.82) is 0 Å². The fraction of sp³-hybridized carbons (Fsp3) is 0.562. The molecule has 2 rings (SSSR count). The van der Waals surface area contributed by atoms with E-state index in [0.717, 1.165) is 19.4 Å². The zero-order valence-electron chi connectivity index (χ0n) is 13.1. The minimum absolute atomic E-state index is 0.0497. The third kappa shape index (κ3) is 3.84. The van der Waals surface area contributed by atoms with E-state index in [1.54, 1.807) is 12.1 Å². The third-order valence-electron chi connectivity index (χ3n) is 3.66. The number of nitrogens with one attached hydrogen (secondary N) is 1. The lowest BCUT2D eigenvalue weighted by Crippen LogP contribution is -2.40. The predicted octanol–water partition coefficient (Wildman–Crippen LogP) is 3.04. The molecule has 1 amide bonds. The van der Waals surface area contributed by atoms with Crippen LogP contribution in [-0.4, -0.2) is 38.4 Å². The Morgan fingerprint density at radius 1 is 1.55 bits per heavy atom. The molecule has 5 nitrogen and oxygen atoms in total. The summed E-state index contributed by atoms with van der Waals surface area (Å²) in [6, 6.07) is 3.17. The molecule has 1 fully saturated rings. The van der Waals surface area contributed by atoms with Gasteiger partial charge in [-0.2, -0.15) is 0 Å². The molecule has 0 spiro atoms. The molecule has 1 aliphatic heterocycles. The Balaban J connectivity index is 2.13. The van der Waals surface area contributed by atoms with Gasteiger partial charge in [0.15, 0.2) is 11.5 Å². The number of carbonyl (C=O) groups is 1. The topological polar surface area (TPSA) is 56.8 Å². The fourth-order valence-electron chi connectivity index (χ4n) is 2.52. The van der Waals surface area contributed by atoms with E-state index in [4.69, 9.17) is 25.8 Å². The summed E-state index contributed by atoms with van der Waals surface area (Å²) >= 11 is 6.19. The maximum Gasteiger partial charge on any atom is 0.251 e. The first-order valence-corrected chi connectivity index (χ1v) is 7.87. The van der Waals surface area contributed by atoms with Gasteiger partial charge in [0.05, 0.1) is 30.9 Å². The number of carbonyl (C=O) groups excluding carboxylic acids is 1. The van der Waals surface area contributed by atoms with Crippen molar-refractivity contribution < 1.29 is 19.0 Å². The van der Waals surface area contributed by atoms with Crippen molar-refractivity contribution in [3.63, 3.8) is 0 Å². The largest absolute Gasteiger partial charge is 0.493 e. The van der Waals surface area contributed by atoms with Crippen LogP contribution in [0.2, 0.25) is 5.02 Å². The number of ether oxygens (including phenoxy) is 3. The number of rotatable bonds is 6. The van der Waals surface area contributed by atoms with Crippen molar-refractivity contribution in [2.75, 3.05) is 20.3 Å². The lowest BCUT2D eigenvalue weighted by atomic mass is 10.1. The van der Waals surface area contributed by atoms with Gasteiger partial charge in [-0.05, 0) is 38.8 Å². The van der Waals surface area contributed by atoms with Crippen LogP contribution in [0.5, 0.6) is 11.5 Å². The first kappa shape index (κ1) is 16.9. The molecule has 0 aromatic heterocycles. The summed E-state index contributed by atoms with van der Waals surface area (Å²) in [6.45, 7) is 5.03. The van der Waals surface area contributed by atoms with Gasteiger partial charge in [0.2, 0.25) is 0 Å². The van der Waals surface area contributed by atoms with E-state index in [0.29, 0.717) is 28.7 Å². The number of hydrogen-bond acceptors (Lipinski definition) is 4. The predicted molar refractivity (Wildman–Crippen MR) is 85.1 cm³/mol. The van der Waals surface area contributed by atoms with Crippen LogP contribution >= 0.6 is 11.6 Å². The Morgan fingerprint density at radius 3 is 2.91 bits per heavy atom. The Kier molecular flexibility index (Phi) is 5.91. The molecule has 0 bridgehead atoms. The molecule has 1 N–H and O–H groups in total. The van der Waals surface area contributed by atoms with Gasteiger partial charge in [-0.3, -0.25) is 4.79 Å². The van der Waals surface area contributed by atoms with Gasteiger partial charge in [-0.1, -0.05) is 11.6 Å². The molecular formula is C16H22ClNO4. The second-order valence-corrected chi connectivity index (χ2v) is 5.64. The first-order chi connectivity index (χ1) is 10.6. The van der Waals surface area contributed by atoms with Gasteiger partial charge in [-0.15, -0.1) is 0 Å². The minimum atomic E-state index is -0.203. The van der Waals surface area contributed by atoms with Crippen LogP contribution in [0, 0.1) is 0 Å². The molecule has 1 aromatic rings. The van der Waals surface area contributed by atoms with E-state index in [-0.39, 0.29) is 18.1 Å². The van der Waals surface area contributed by atoms with E-state index in [1.807, 2.05) is 13.8 Å². The van der Waals surface area contributed by atoms with Crippen LogP contribution in [0.25, 0.3) is 0 Å². The quantitative estimate of drug-likeness (QED) is 0.872. The molecule has 1 aliphatic rings. The monoisotopic (exact) mass is 327 g/mol. The summed E-state index contributed by atoms with van der Waals surface area (Å²) in [5.41, 5.74) is 0.440. The summed E-state index contributed by atoms with van der Waals surface area (Å²) < 4.78 is 16.3. The minimum Gasteiger partial charge on any atom is -0.493 e. The van der Waals surface area contributed by atoms with Crippen LogP contribution in [0.15, 0.2) is 12.1 Å². The van der Waals surface area contributed by atoms with Crippen molar-refractivity contribution in [3.05, 3.63) is 22.7 Å². The van der Waals surface area contributed by atoms with Crippen molar-refractivity contribution in [2.45, 2.75) is 38.8 Å². The third-order valence-corrected chi connectivity index (χ3v) is 3.94. The van der Waals surface area contributed by atoms with Crippen LogP contribution < -0.4 is 14.8 Å². The Morgan fingerprint density at radius 2 is 2.32 bits per heavy atom. The molecule has 1 heterocycles. The number of benzene rings is 1.